The van der Waals surface area contributed by atoms with Crippen molar-refractivity contribution >= 4 is 60.3 Å². The molecule has 16 heteroatoms. The van der Waals surface area contributed by atoms with Gasteiger partial charge in [0.2, 0.25) is 23.6 Å². The van der Waals surface area contributed by atoms with E-state index in [1.165, 1.54) is 10.5 Å². The lowest BCUT2D eigenvalue weighted by Gasteiger charge is -2.36. The number of likely N-dealkylation sites (tertiary alicyclic amines) is 2. The number of nitrogens with zero attached hydrogens (tertiary/aromatic N) is 2. The van der Waals surface area contributed by atoms with Crippen LogP contribution in [0.5, 0.6) is 0 Å². The first-order valence-corrected chi connectivity index (χ1v) is 19.4. The topological polar surface area (TPSA) is 181 Å². The number of amides is 6. The zero-order valence-corrected chi connectivity index (χ0v) is 35.6. The molecule has 1 aliphatic carbocycles. The Bertz CT molecular complexity index is 1760. The highest BCUT2D eigenvalue weighted by Crippen LogP contribution is 2.31. The van der Waals surface area contributed by atoms with Crippen molar-refractivity contribution in [2.75, 3.05) is 33.7 Å². The first kappa shape index (κ1) is 47.1. The monoisotopic (exact) mass is 830 g/mol. The van der Waals surface area contributed by atoms with Crippen LogP contribution in [0.1, 0.15) is 98.2 Å². The van der Waals surface area contributed by atoms with Gasteiger partial charge in [-0.15, -0.1) is 24.8 Å². The van der Waals surface area contributed by atoms with E-state index in [0.29, 0.717) is 30.6 Å². The molecule has 7 atom stereocenters. The third kappa shape index (κ3) is 11.5. The Morgan fingerprint density at radius 3 is 2.04 bits per heavy atom. The second kappa shape index (κ2) is 20.4. The smallest absolute Gasteiger partial charge is 0.253 e. The highest BCUT2D eigenvalue weighted by atomic mass is 35.5. The zero-order valence-electron chi connectivity index (χ0n) is 34.0. The number of benzene rings is 2. The quantitative estimate of drug-likeness (QED) is 0.189. The van der Waals surface area contributed by atoms with E-state index in [4.69, 9.17) is 0 Å². The number of aryl methyl sites for hydroxylation is 1. The number of carbonyl (C=O) groups is 6. The van der Waals surface area contributed by atoms with Gasteiger partial charge < -0.3 is 41.7 Å². The molecule has 0 saturated carbocycles. The van der Waals surface area contributed by atoms with Crippen LogP contribution in [-0.4, -0.2) is 115 Å². The molecule has 3 aliphatic rings. The normalized spacial score (nSPS) is 21.7. The molecule has 0 spiro atoms. The molecule has 0 unspecified atom stereocenters. The van der Waals surface area contributed by atoms with E-state index in [-0.39, 0.29) is 79.5 Å². The number of fused-ring (bicyclic) bond motifs is 1. The molecule has 6 amide bonds. The number of carbonyl (C=O) groups excluding carboxylic acids is 6. The summed E-state index contributed by atoms with van der Waals surface area (Å²) in [5, 5.41) is 17.9. The lowest BCUT2D eigenvalue weighted by molar-refractivity contribution is -0.144. The first-order chi connectivity index (χ1) is 26.1. The molecule has 57 heavy (non-hydrogen) atoms. The van der Waals surface area contributed by atoms with Crippen LogP contribution in [0, 0.1) is 5.41 Å². The van der Waals surface area contributed by atoms with Crippen LogP contribution >= 0.6 is 24.8 Å². The molecule has 5 rings (SSSR count). The van der Waals surface area contributed by atoms with E-state index >= 15 is 0 Å². The van der Waals surface area contributed by atoms with Crippen molar-refractivity contribution in [3.05, 3.63) is 70.8 Å². The summed E-state index contributed by atoms with van der Waals surface area (Å²) in [6, 6.07) is 10.9. The second-order valence-corrected chi connectivity index (χ2v) is 16.2. The number of hydrogen-bond acceptors (Lipinski definition) is 8. The molecule has 0 aromatic heterocycles. The molecule has 2 aromatic rings. The van der Waals surface area contributed by atoms with Crippen LogP contribution < -0.4 is 31.9 Å². The van der Waals surface area contributed by atoms with Crippen molar-refractivity contribution in [2.45, 2.75) is 109 Å². The molecule has 314 valence electrons. The van der Waals surface area contributed by atoms with E-state index in [9.17, 15) is 28.8 Å². The SMILES string of the molecule is CN[C@@H](C)C(=O)N[C@H]1CCN(C(=O)c2ccc(C(=O)N[C@H]3C[C@@H](C(=O)N[C@@H]4CCCc5ccccc54)N(C(=O)[C@@H](NC(=O)[C@H](C)NC)C(C)(C)C)C3)cc2)C1.Cl.Cl. The van der Waals surface area contributed by atoms with Crippen LogP contribution in [0.3, 0.4) is 0 Å². The molecule has 2 aromatic carbocycles. The van der Waals surface area contributed by atoms with Crippen LogP contribution in [0.15, 0.2) is 48.5 Å². The molecule has 2 heterocycles. The van der Waals surface area contributed by atoms with Gasteiger partial charge in [0, 0.05) is 42.8 Å². The average Bonchev–Trinajstić information content (AvgIpc) is 3.82. The lowest BCUT2D eigenvalue weighted by atomic mass is 9.85. The van der Waals surface area contributed by atoms with E-state index in [2.05, 4.69) is 38.0 Å². The van der Waals surface area contributed by atoms with Crippen LogP contribution in [-0.2, 0) is 25.6 Å². The molecule has 2 saturated heterocycles. The highest BCUT2D eigenvalue weighted by Gasteiger charge is 2.46. The van der Waals surface area contributed by atoms with Crippen molar-refractivity contribution < 1.29 is 28.8 Å². The van der Waals surface area contributed by atoms with Crippen LogP contribution in [0.4, 0.5) is 0 Å². The Morgan fingerprint density at radius 1 is 0.754 bits per heavy atom. The van der Waals surface area contributed by atoms with Gasteiger partial charge >= 0.3 is 0 Å². The minimum atomic E-state index is -0.930. The second-order valence-electron chi connectivity index (χ2n) is 16.2. The average molecular weight is 832 g/mol. The Kier molecular flexibility index (Phi) is 16.9. The van der Waals surface area contributed by atoms with Gasteiger partial charge in [-0.2, -0.15) is 0 Å². The van der Waals surface area contributed by atoms with Gasteiger partial charge in [0.1, 0.15) is 12.1 Å². The fraction of sp³-hybridized carbons (Fsp3) is 0.561. The molecule has 14 nitrogen and oxygen atoms in total. The van der Waals surface area contributed by atoms with Crippen molar-refractivity contribution in [3.8, 4) is 0 Å². The summed E-state index contributed by atoms with van der Waals surface area (Å²) >= 11 is 0. The van der Waals surface area contributed by atoms with Crippen LogP contribution in [0.25, 0.3) is 0 Å². The summed E-state index contributed by atoms with van der Waals surface area (Å²) < 4.78 is 0. The van der Waals surface area contributed by atoms with Gasteiger partial charge in [-0.3, -0.25) is 28.8 Å². The Balaban J connectivity index is 0.00000435. The van der Waals surface area contributed by atoms with Gasteiger partial charge in [-0.1, -0.05) is 45.0 Å². The molecule has 2 fully saturated rings. The van der Waals surface area contributed by atoms with Gasteiger partial charge in [-0.25, -0.2) is 0 Å². The molecule has 0 bridgehead atoms. The predicted molar refractivity (Wildman–Crippen MR) is 223 cm³/mol. The molecule has 0 radical (unpaired) electrons. The molecular weight excluding hydrogens is 771 g/mol. The van der Waals surface area contributed by atoms with Crippen molar-refractivity contribution in [2.24, 2.45) is 5.41 Å². The van der Waals surface area contributed by atoms with E-state index < -0.39 is 41.4 Å². The third-order valence-electron chi connectivity index (χ3n) is 11.2. The summed E-state index contributed by atoms with van der Waals surface area (Å²) in [4.78, 5) is 83.9. The Hall–Kier alpha value is -4.24. The number of likely N-dealkylation sites (N-methyl/N-ethyl adjacent to an activating group) is 2. The Labute approximate surface area is 348 Å². The van der Waals surface area contributed by atoms with E-state index in [1.807, 2.05) is 39.0 Å². The third-order valence-corrected chi connectivity index (χ3v) is 11.2. The summed E-state index contributed by atoms with van der Waals surface area (Å²) in [5.41, 5.74) is 2.34. The zero-order chi connectivity index (χ0) is 40.0. The first-order valence-electron chi connectivity index (χ1n) is 19.4. The molecule has 6 N–H and O–H groups in total. The standard InChI is InChI=1S/C41H58N8O6.2ClH/c1-24(42-6)35(50)44-29-19-20-48(22-29)39(54)28-17-15-27(16-18-28)37(52)45-30-21-33(38(53)46-32-14-10-12-26-11-8-9-13-31(26)32)49(23-30)40(55)34(41(3,4)5)47-36(51)25(2)43-7;;/h8-9,11,13,15-18,24-25,29-30,32-34,42-43H,10,12,14,19-23H2,1-7H3,(H,44,50)(H,45,52)(H,46,53)(H,47,51);2*1H/t24-,25-,29-,30-,32+,33-,34+;;/m0../s1. The summed E-state index contributed by atoms with van der Waals surface area (Å²) in [6.45, 7) is 10.1. The molecular formula is C41H60Cl2N8O6. The van der Waals surface area contributed by atoms with Gasteiger partial charge in [0.15, 0.2) is 0 Å². The summed E-state index contributed by atoms with van der Waals surface area (Å²) in [5.74, 6) is -1.74. The van der Waals surface area contributed by atoms with Crippen molar-refractivity contribution in [3.63, 3.8) is 0 Å². The van der Waals surface area contributed by atoms with Gasteiger partial charge in [0.05, 0.1) is 18.1 Å². The fourth-order valence-corrected chi connectivity index (χ4v) is 7.55. The Morgan fingerprint density at radius 2 is 1.39 bits per heavy atom. The number of nitrogens with one attached hydrogen (secondary N) is 6. The van der Waals surface area contributed by atoms with E-state index in [0.717, 1.165) is 24.8 Å². The minimum Gasteiger partial charge on any atom is -0.350 e. The number of halogens is 2. The predicted octanol–water partition coefficient (Wildman–Crippen LogP) is 2.50. The maximum atomic E-state index is 14.4. The fourth-order valence-electron chi connectivity index (χ4n) is 7.55. The minimum absolute atomic E-state index is 0. The lowest BCUT2D eigenvalue weighted by Crippen LogP contribution is -2.59. The van der Waals surface area contributed by atoms with Crippen LogP contribution in [0.2, 0.25) is 0 Å². The number of hydrogen-bond donors (Lipinski definition) is 6. The summed E-state index contributed by atoms with van der Waals surface area (Å²) in [7, 11) is 3.38. The largest absolute Gasteiger partial charge is 0.350 e. The maximum absolute atomic E-state index is 14.4. The van der Waals surface area contributed by atoms with E-state index in [1.54, 1.807) is 57.1 Å². The molecule has 2 aliphatic heterocycles. The maximum Gasteiger partial charge on any atom is 0.253 e. The highest BCUT2D eigenvalue weighted by molar-refractivity contribution is 5.99. The van der Waals surface area contributed by atoms with Crippen molar-refractivity contribution in [1.29, 1.82) is 0 Å². The van der Waals surface area contributed by atoms with Gasteiger partial charge in [-0.05, 0) is 101 Å². The van der Waals surface area contributed by atoms with Gasteiger partial charge in [0.25, 0.3) is 11.8 Å². The van der Waals surface area contributed by atoms with Crippen molar-refractivity contribution in [1.82, 2.24) is 41.7 Å². The summed E-state index contributed by atoms with van der Waals surface area (Å²) in [6.07, 6.45) is 3.47. The number of rotatable bonds is 12.